The number of β-lactam (4-membered cyclic amide) rings is 2. The molecule has 0 aromatic carbocycles. The van der Waals surface area contributed by atoms with Crippen LogP contribution in [0.25, 0.3) is 0 Å². The smallest absolute Gasteiger partial charge is 0.245 e. The molecule has 3 fully saturated rings. The lowest BCUT2D eigenvalue weighted by Gasteiger charge is -2.55. The zero-order valence-corrected chi connectivity index (χ0v) is 17.2. The normalized spacial score (nSPS) is 33.8. The number of aliphatic hydroxyl groups excluding tert-OH is 3. The van der Waals surface area contributed by atoms with Crippen molar-refractivity contribution in [1.82, 2.24) is 14.7 Å². The lowest BCUT2D eigenvalue weighted by Crippen LogP contribution is -2.77. The Hall–Kier alpha value is -2.28. The summed E-state index contributed by atoms with van der Waals surface area (Å²) in [6, 6.07) is -2.39. The van der Waals surface area contributed by atoms with E-state index < -0.39 is 65.1 Å². The number of amides is 4. The van der Waals surface area contributed by atoms with Gasteiger partial charge in [0.05, 0.1) is 17.6 Å². The van der Waals surface area contributed by atoms with Gasteiger partial charge in [-0.1, -0.05) is 0 Å². The Balaban J connectivity index is 1.85. The van der Waals surface area contributed by atoms with E-state index in [1.54, 1.807) is 0 Å². The highest BCUT2D eigenvalue weighted by molar-refractivity contribution is 6.01. The number of hydrogen-bond donors (Lipinski definition) is 5. The van der Waals surface area contributed by atoms with Crippen LogP contribution in [0.4, 0.5) is 0 Å². The molecule has 2 spiro atoms. The number of carbonyl (C=O) groups is 4. The molecule has 0 saturated carbocycles. The Morgan fingerprint density at radius 3 is 1.67 bits per heavy atom. The van der Waals surface area contributed by atoms with Gasteiger partial charge in [0.25, 0.3) is 0 Å². The third-order valence-electron chi connectivity index (χ3n) is 6.55. The van der Waals surface area contributed by atoms with Gasteiger partial charge in [-0.15, -0.1) is 0 Å². The number of likely N-dealkylation sites (tertiary alicyclic amines) is 3. The van der Waals surface area contributed by atoms with Gasteiger partial charge >= 0.3 is 0 Å². The van der Waals surface area contributed by atoms with Crippen molar-refractivity contribution < 1.29 is 34.5 Å². The van der Waals surface area contributed by atoms with E-state index in [0.717, 1.165) is 4.90 Å². The molecule has 7 N–H and O–H groups in total. The van der Waals surface area contributed by atoms with Gasteiger partial charge in [-0.2, -0.15) is 0 Å². The molecular formula is C18H29N5O7. The first-order valence-electron chi connectivity index (χ1n) is 9.81. The van der Waals surface area contributed by atoms with Gasteiger partial charge in [0.15, 0.2) is 0 Å². The molecule has 0 bridgehead atoms. The quantitative estimate of drug-likeness (QED) is 0.253. The van der Waals surface area contributed by atoms with Crippen LogP contribution in [0.5, 0.6) is 0 Å². The Kier molecular flexibility index (Phi) is 5.34. The predicted octanol–water partition coefficient (Wildman–Crippen LogP) is -4.09. The molecule has 168 valence electrons. The van der Waals surface area contributed by atoms with Crippen LogP contribution in [0.1, 0.15) is 27.2 Å². The van der Waals surface area contributed by atoms with Gasteiger partial charge in [0.2, 0.25) is 23.6 Å². The third-order valence-corrected chi connectivity index (χ3v) is 6.55. The number of rotatable bonds is 7. The molecule has 0 radical (unpaired) electrons. The van der Waals surface area contributed by atoms with Crippen LogP contribution in [-0.2, 0) is 19.2 Å². The highest BCUT2D eigenvalue weighted by Crippen LogP contribution is 2.53. The third kappa shape index (κ3) is 2.97. The summed E-state index contributed by atoms with van der Waals surface area (Å²) in [5, 5.41) is 30.0. The fourth-order valence-electron chi connectivity index (χ4n) is 5.31. The van der Waals surface area contributed by atoms with Gasteiger partial charge in [-0.3, -0.25) is 24.1 Å². The van der Waals surface area contributed by atoms with Crippen molar-refractivity contribution in [3.8, 4) is 0 Å². The van der Waals surface area contributed by atoms with Crippen molar-refractivity contribution in [2.45, 2.75) is 63.3 Å². The second kappa shape index (κ2) is 7.15. The minimum atomic E-state index is -1.22. The van der Waals surface area contributed by atoms with Gasteiger partial charge in [-0.25, -0.2) is 0 Å². The lowest BCUT2D eigenvalue weighted by molar-refractivity contribution is -0.181. The summed E-state index contributed by atoms with van der Waals surface area (Å²) < 4.78 is 0. The minimum absolute atomic E-state index is 0.0138. The molecule has 3 heterocycles. The summed E-state index contributed by atoms with van der Waals surface area (Å²) in [6.45, 7) is 4.36. The number of hydrogen-bond acceptors (Lipinski definition) is 8. The summed E-state index contributed by atoms with van der Waals surface area (Å²) in [7, 11) is 0. The van der Waals surface area contributed by atoms with Crippen LogP contribution in [0.2, 0.25) is 0 Å². The van der Waals surface area contributed by atoms with Crippen molar-refractivity contribution in [1.29, 1.82) is 0 Å². The van der Waals surface area contributed by atoms with E-state index in [-0.39, 0.29) is 26.1 Å². The van der Waals surface area contributed by atoms with Gasteiger partial charge in [0, 0.05) is 19.6 Å². The maximum atomic E-state index is 13.1. The first-order valence-corrected chi connectivity index (χ1v) is 9.81. The van der Waals surface area contributed by atoms with Crippen LogP contribution < -0.4 is 11.5 Å². The zero-order chi connectivity index (χ0) is 22.8. The van der Waals surface area contributed by atoms with E-state index in [2.05, 4.69) is 0 Å². The second-order valence-electron chi connectivity index (χ2n) is 8.79. The average molecular weight is 427 g/mol. The van der Waals surface area contributed by atoms with Crippen molar-refractivity contribution in [2.24, 2.45) is 16.9 Å². The molecule has 3 saturated heterocycles. The minimum Gasteiger partial charge on any atom is -0.391 e. The molecular weight excluding hydrogens is 398 g/mol. The fraction of sp³-hybridized carbons (Fsp3) is 0.778. The summed E-state index contributed by atoms with van der Waals surface area (Å²) >= 11 is 0. The van der Waals surface area contributed by atoms with Crippen LogP contribution in [-0.4, -0.2) is 109 Å². The van der Waals surface area contributed by atoms with Gasteiger partial charge in [0.1, 0.15) is 23.9 Å². The molecule has 0 aliphatic carbocycles. The van der Waals surface area contributed by atoms with Crippen LogP contribution in [0.15, 0.2) is 0 Å². The molecule has 7 atom stereocenters. The monoisotopic (exact) mass is 427 g/mol. The fourth-order valence-corrected chi connectivity index (χ4v) is 5.31. The van der Waals surface area contributed by atoms with E-state index >= 15 is 0 Å². The van der Waals surface area contributed by atoms with E-state index in [9.17, 15) is 34.5 Å². The molecule has 4 amide bonds. The molecule has 30 heavy (non-hydrogen) atoms. The Morgan fingerprint density at radius 2 is 1.33 bits per heavy atom. The number of nitrogens with zero attached hydrogens (tertiary/aromatic N) is 3. The maximum Gasteiger partial charge on any atom is 0.245 e. The van der Waals surface area contributed by atoms with Crippen molar-refractivity contribution in [3.05, 3.63) is 0 Å². The van der Waals surface area contributed by atoms with E-state index in [1.165, 1.54) is 30.6 Å². The highest BCUT2D eigenvalue weighted by Gasteiger charge is 2.72. The lowest BCUT2D eigenvalue weighted by atomic mass is 9.70. The molecule has 12 heteroatoms. The van der Waals surface area contributed by atoms with Gasteiger partial charge in [-0.05, 0) is 27.2 Å². The topological polar surface area (TPSA) is 191 Å². The maximum absolute atomic E-state index is 13.1. The highest BCUT2D eigenvalue weighted by atomic mass is 16.3. The predicted molar refractivity (Wildman–Crippen MR) is 101 cm³/mol. The Bertz CT molecular complexity index is 787. The van der Waals surface area contributed by atoms with Crippen LogP contribution in [0.3, 0.4) is 0 Å². The van der Waals surface area contributed by atoms with Crippen LogP contribution in [0, 0.1) is 5.41 Å². The van der Waals surface area contributed by atoms with Crippen molar-refractivity contribution >= 4 is 23.6 Å². The largest absolute Gasteiger partial charge is 0.391 e. The standard InChI is InChI=1S/C18H29N5O7/c1-8(24)11(13(19)27)21-5-17(15(21)29)4-18(23(6-17)10(3)26)7-22(16(18)30)12(9(2)25)14(20)28/h8-12,24-26H,4-7H2,1-3H3,(H2,19,27)(H2,20,28)/t8-,9-,10?,11+,12+,17?,18?/m1/s1. The molecule has 0 aromatic rings. The van der Waals surface area contributed by atoms with Crippen LogP contribution >= 0.6 is 0 Å². The average Bonchev–Trinajstić information content (AvgIpc) is 2.99. The Morgan fingerprint density at radius 1 is 0.867 bits per heavy atom. The summed E-state index contributed by atoms with van der Waals surface area (Å²) in [6.07, 6.45) is -3.32. The molecule has 3 rings (SSSR count). The summed E-state index contributed by atoms with van der Waals surface area (Å²) in [4.78, 5) is 53.4. The van der Waals surface area contributed by atoms with E-state index in [4.69, 9.17) is 11.5 Å². The summed E-state index contributed by atoms with van der Waals surface area (Å²) in [5.41, 5.74) is 8.41. The molecule has 0 aromatic heterocycles. The first kappa shape index (κ1) is 22.4. The molecule has 3 unspecified atom stereocenters. The summed E-state index contributed by atoms with van der Waals surface area (Å²) in [5.74, 6) is -2.61. The van der Waals surface area contributed by atoms with Crippen molar-refractivity contribution in [3.63, 3.8) is 0 Å². The number of aliphatic hydroxyl groups is 3. The first-order chi connectivity index (χ1) is 13.8. The SMILES string of the molecule is CC(O)N1CC2(CN([C@H](C(N)=O)[C@@H](C)O)C2=O)CC12CN([C@H](C(N)=O)[C@@H](C)O)C2=O. The van der Waals surface area contributed by atoms with E-state index in [1.807, 2.05) is 0 Å². The number of primary amides is 2. The number of nitrogens with two attached hydrogens (primary N) is 2. The van der Waals surface area contributed by atoms with Gasteiger partial charge < -0.3 is 36.6 Å². The molecule has 3 aliphatic heterocycles. The zero-order valence-electron chi connectivity index (χ0n) is 17.2. The molecule has 12 nitrogen and oxygen atoms in total. The number of carbonyl (C=O) groups excluding carboxylic acids is 4. The second-order valence-corrected chi connectivity index (χ2v) is 8.79. The van der Waals surface area contributed by atoms with E-state index in [0.29, 0.717) is 0 Å². The van der Waals surface area contributed by atoms with Crippen molar-refractivity contribution in [2.75, 3.05) is 19.6 Å². The molecule has 3 aliphatic rings. The Labute approximate surface area is 173 Å².